The maximum Gasteiger partial charge on any atom is 0.407 e. The Balaban J connectivity index is 2.24. The van der Waals surface area contributed by atoms with Gasteiger partial charge in [0.25, 0.3) is 0 Å². The molecule has 1 heterocycles. The van der Waals surface area contributed by atoms with Crippen molar-refractivity contribution in [1.29, 1.82) is 0 Å². The summed E-state index contributed by atoms with van der Waals surface area (Å²) in [6, 6.07) is 3.82. The van der Waals surface area contributed by atoms with Crippen molar-refractivity contribution in [3.63, 3.8) is 0 Å². The van der Waals surface area contributed by atoms with Gasteiger partial charge in [0.2, 0.25) is 5.88 Å². The first-order valence-corrected chi connectivity index (χ1v) is 9.22. The van der Waals surface area contributed by atoms with Crippen LogP contribution in [0.4, 0.5) is 4.79 Å². The topological polar surface area (TPSA) is 96.9 Å². The molecule has 1 amide bonds. The van der Waals surface area contributed by atoms with Crippen LogP contribution in [0.2, 0.25) is 0 Å². The standard InChI is InChI=1S/C19H33N5O3/c1-14(2)26-16-9-8-15(12-23-16)13-24-17(20-6)21-10-7-11-22-18(25)27-19(3,4)5/h8-9,12,14H,7,10-11,13H2,1-6H3,(H,22,25)(H2,20,21,24). The summed E-state index contributed by atoms with van der Waals surface area (Å²) in [7, 11) is 1.71. The molecule has 0 atom stereocenters. The lowest BCUT2D eigenvalue weighted by molar-refractivity contribution is 0.0527. The molecule has 27 heavy (non-hydrogen) atoms. The molecule has 0 radical (unpaired) electrons. The Hall–Kier alpha value is -2.51. The molecular formula is C19H33N5O3. The molecule has 0 aliphatic rings. The van der Waals surface area contributed by atoms with E-state index in [9.17, 15) is 4.79 Å². The van der Waals surface area contributed by atoms with Crippen LogP contribution in [-0.4, -0.2) is 48.9 Å². The predicted octanol–water partition coefficient (Wildman–Crippen LogP) is 2.45. The van der Waals surface area contributed by atoms with Crippen LogP contribution in [0.1, 0.15) is 46.6 Å². The second-order valence-electron chi connectivity index (χ2n) is 7.31. The summed E-state index contributed by atoms with van der Waals surface area (Å²) < 4.78 is 10.7. The Morgan fingerprint density at radius 3 is 2.44 bits per heavy atom. The van der Waals surface area contributed by atoms with Gasteiger partial charge in [-0.05, 0) is 46.6 Å². The second-order valence-corrected chi connectivity index (χ2v) is 7.31. The van der Waals surface area contributed by atoms with Crippen LogP contribution in [0.15, 0.2) is 23.3 Å². The van der Waals surface area contributed by atoms with E-state index in [0.29, 0.717) is 31.5 Å². The van der Waals surface area contributed by atoms with Gasteiger partial charge >= 0.3 is 6.09 Å². The molecule has 3 N–H and O–H groups in total. The summed E-state index contributed by atoms with van der Waals surface area (Å²) in [5.74, 6) is 1.31. The van der Waals surface area contributed by atoms with E-state index in [4.69, 9.17) is 9.47 Å². The van der Waals surface area contributed by atoms with Crippen LogP contribution in [-0.2, 0) is 11.3 Å². The number of carbonyl (C=O) groups excluding carboxylic acids is 1. The van der Waals surface area contributed by atoms with Crippen molar-refractivity contribution in [2.24, 2.45) is 4.99 Å². The number of aromatic nitrogens is 1. The van der Waals surface area contributed by atoms with Crippen molar-refractivity contribution < 1.29 is 14.3 Å². The maximum atomic E-state index is 11.5. The number of pyridine rings is 1. The third kappa shape index (κ3) is 10.9. The summed E-state index contributed by atoms with van der Waals surface area (Å²) in [4.78, 5) is 20.0. The minimum atomic E-state index is -0.484. The fourth-order valence-electron chi connectivity index (χ4n) is 2.03. The zero-order valence-corrected chi connectivity index (χ0v) is 17.3. The first kappa shape index (κ1) is 22.5. The van der Waals surface area contributed by atoms with Gasteiger partial charge < -0.3 is 25.4 Å². The Morgan fingerprint density at radius 2 is 1.89 bits per heavy atom. The van der Waals surface area contributed by atoms with E-state index in [1.54, 1.807) is 13.2 Å². The van der Waals surface area contributed by atoms with E-state index >= 15 is 0 Å². The molecule has 1 aromatic heterocycles. The van der Waals surface area contributed by atoms with E-state index in [1.165, 1.54) is 0 Å². The van der Waals surface area contributed by atoms with Crippen LogP contribution in [0.5, 0.6) is 5.88 Å². The monoisotopic (exact) mass is 379 g/mol. The lowest BCUT2D eigenvalue weighted by Gasteiger charge is -2.19. The molecule has 0 bridgehead atoms. The molecule has 0 saturated heterocycles. The smallest absolute Gasteiger partial charge is 0.407 e. The molecule has 0 fully saturated rings. The Morgan fingerprint density at radius 1 is 1.19 bits per heavy atom. The maximum absolute atomic E-state index is 11.5. The van der Waals surface area contributed by atoms with E-state index < -0.39 is 11.7 Å². The minimum Gasteiger partial charge on any atom is -0.475 e. The highest BCUT2D eigenvalue weighted by Crippen LogP contribution is 2.09. The van der Waals surface area contributed by atoms with Crippen molar-refractivity contribution in [1.82, 2.24) is 20.9 Å². The van der Waals surface area contributed by atoms with Gasteiger partial charge in [-0.2, -0.15) is 0 Å². The number of ether oxygens (including phenoxy) is 2. The first-order valence-electron chi connectivity index (χ1n) is 9.22. The van der Waals surface area contributed by atoms with Crippen molar-refractivity contribution in [3.8, 4) is 5.88 Å². The predicted molar refractivity (Wildman–Crippen MR) is 107 cm³/mol. The third-order valence-corrected chi connectivity index (χ3v) is 3.15. The fraction of sp³-hybridized carbons (Fsp3) is 0.632. The van der Waals surface area contributed by atoms with Crippen molar-refractivity contribution in [2.45, 2.75) is 59.3 Å². The van der Waals surface area contributed by atoms with E-state index in [2.05, 4.69) is 25.9 Å². The Bertz CT molecular complexity index is 594. The van der Waals surface area contributed by atoms with Gasteiger partial charge in [0, 0.05) is 38.9 Å². The van der Waals surface area contributed by atoms with Gasteiger partial charge in [-0.25, -0.2) is 9.78 Å². The molecule has 0 aliphatic heterocycles. The number of rotatable bonds is 8. The molecule has 0 aliphatic carbocycles. The lowest BCUT2D eigenvalue weighted by Crippen LogP contribution is -2.39. The number of nitrogens with one attached hydrogen (secondary N) is 3. The zero-order valence-electron chi connectivity index (χ0n) is 17.3. The first-order chi connectivity index (χ1) is 12.7. The molecule has 152 valence electrons. The number of guanidine groups is 1. The largest absolute Gasteiger partial charge is 0.475 e. The number of aliphatic imine (C=N–C) groups is 1. The minimum absolute atomic E-state index is 0.106. The molecule has 0 aromatic carbocycles. The fourth-order valence-corrected chi connectivity index (χ4v) is 2.03. The van der Waals surface area contributed by atoms with Crippen molar-refractivity contribution in [3.05, 3.63) is 23.9 Å². The molecular weight excluding hydrogens is 346 g/mol. The number of hydrogen-bond donors (Lipinski definition) is 3. The van der Waals surface area contributed by atoms with Crippen LogP contribution in [0, 0.1) is 0 Å². The number of hydrogen-bond acceptors (Lipinski definition) is 5. The highest BCUT2D eigenvalue weighted by molar-refractivity contribution is 5.79. The Labute approximate surface area is 162 Å². The highest BCUT2D eigenvalue weighted by atomic mass is 16.6. The normalized spacial score (nSPS) is 11.9. The molecule has 0 saturated carbocycles. The zero-order chi connectivity index (χ0) is 20.3. The number of carbonyl (C=O) groups is 1. The van der Waals surface area contributed by atoms with Gasteiger partial charge in [0.1, 0.15) is 5.60 Å². The number of alkyl carbamates (subject to hydrolysis) is 1. The van der Waals surface area contributed by atoms with Crippen LogP contribution >= 0.6 is 0 Å². The number of amides is 1. The van der Waals surface area contributed by atoms with Gasteiger partial charge in [0.05, 0.1) is 6.10 Å². The third-order valence-electron chi connectivity index (χ3n) is 3.15. The van der Waals surface area contributed by atoms with Crippen molar-refractivity contribution >= 4 is 12.1 Å². The summed E-state index contributed by atoms with van der Waals surface area (Å²) in [5, 5.41) is 9.15. The molecule has 0 spiro atoms. The van der Waals surface area contributed by atoms with Crippen molar-refractivity contribution in [2.75, 3.05) is 20.1 Å². The van der Waals surface area contributed by atoms with Crippen LogP contribution < -0.4 is 20.7 Å². The highest BCUT2D eigenvalue weighted by Gasteiger charge is 2.15. The lowest BCUT2D eigenvalue weighted by atomic mass is 10.2. The van der Waals surface area contributed by atoms with E-state index in [-0.39, 0.29) is 6.10 Å². The average molecular weight is 380 g/mol. The molecule has 1 rings (SSSR count). The summed E-state index contributed by atoms with van der Waals surface area (Å²) in [6.45, 7) is 11.3. The SMILES string of the molecule is CN=C(NCCCNC(=O)OC(C)(C)C)NCc1ccc(OC(C)C)nc1. The summed E-state index contributed by atoms with van der Waals surface area (Å²) in [5.41, 5.74) is 0.545. The van der Waals surface area contributed by atoms with Crippen LogP contribution in [0.25, 0.3) is 0 Å². The summed E-state index contributed by atoms with van der Waals surface area (Å²) in [6.07, 6.45) is 2.24. The molecule has 1 aromatic rings. The Kier molecular flexibility index (Phi) is 9.39. The molecule has 8 heteroatoms. The van der Waals surface area contributed by atoms with Gasteiger partial charge in [-0.3, -0.25) is 4.99 Å². The van der Waals surface area contributed by atoms with Gasteiger partial charge in [-0.15, -0.1) is 0 Å². The molecule has 8 nitrogen and oxygen atoms in total. The van der Waals surface area contributed by atoms with Gasteiger partial charge in [-0.1, -0.05) is 6.07 Å². The van der Waals surface area contributed by atoms with E-state index in [0.717, 1.165) is 12.0 Å². The summed E-state index contributed by atoms with van der Waals surface area (Å²) >= 11 is 0. The van der Waals surface area contributed by atoms with Crippen LogP contribution in [0.3, 0.4) is 0 Å². The average Bonchev–Trinajstić information content (AvgIpc) is 2.56. The number of nitrogens with zero attached hydrogens (tertiary/aromatic N) is 2. The molecule has 0 unspecified atom stereocenters. The quantitative estimate of drug-likeness (QED) is 0.365. The second kappa shape index (κ2) is 11.3. The van der Waals surface area contributed by atoms with Gasteiger partial charge in [0.15, 0.2) is 5.96 Å². The van der Waals surface area contributed by atoms with E-state index in [1.807, 2.05) is 46.8 Å².